The molecule has 8 heteroatoms. The summed E-state index contributed by atoms with van der Waals surface area (Å²) in [5.74, 6) is -4.99. The Labute approximate surface area is 175 Å². The highest BCUT2D eigenvalue weighted by atomic mass is 79.9. The van der Waals surface area contributed by atoms with Gasteiger partial charge in [-0.1, -0.05) is 6.92 Å². The molecule has 0 heterocycles. The van der Waals surface area contributed by atoms with Crippen molar-refractivity contribution in [3.05, 3.63) is 10.1 Å². The van der Waals surface area contributed by atoms with Gasteiger partial charge in [-0.3, -0.25) is 4.79 Å². The molecule has 3 fully saturated rings. The van der Waals surface area contributed by atoms with Gasteiger partial charge in [-0.2, -0.15) is 22.0 Å². The summed E-state index contributed by atoms with van der Waals surface area (Å²) in [6.45, 7) is 1.64. The maximum Gasteiger partial charge on any atom is 0.456 e. The van der Waals surface area contributed by atoms with E-state index < -0.39 is 29.5 Å². The number of alkyl halides is 5. The lowest BCUT2D eigenvalue weighted by Crippen LogP contribution is -2.66. The monoisotopic (exact) mass is 484 g/mol. The number of allylic oxidation sites excluding steroid dienone is 1. The Balaban J connectivity index is 1.71. The molecule has 0 aliphatic heterocycles. The van der Waals surface area contributed by atoms with Crippen LogP contribution in [0.3, 0.4) is 0 Å². The summed E-state index contributed by atoms with van der Waals surface area (Å²) in [4.78, 5) is 12.1. The molecule has 0 saturated heterocycles. The van der Waals surface area contributed by atoms with Crippen LogP contribution in [0.25, 0.3) is 0 Å². The van der Waals surface area contributed by atoms with Gasteiger partial charge in [0.05, 0.1) is 4.48 Å². The van der Waals surface area contributed by atoms with Gasteiger partial charge in [0.1, 0.15) is 5.60 Å². The molecule has 0 amide bonds. The minimum absolute atomic E-state index is 0.0176. The average molecular weight is 485 g/mol. The largest absolute Gasteiger partial charge is 0.456 e. The molecular formula is C21H26BrF5O2. The second-order valence-corrected chi connectivity index (χ2v) is 10.2. The molecule has 2 nitrogen and oxygen atoms in total. The van der Waals surface area contributed by atoms with E-state index in [2.05, 4.69) is 15.9 Å². The minimum atomic E-state index is -5.77. The van der Waals surface area contributed by atoms with Gasteiger partial charge in [0.25, 0.3) is 0 Å². The Kier molecular flexibility index (Phi) is 5.05. The lowest BCUT2D eigenvalue weighted by atomic mass is 9.48. The van der Waals surface area contributed by atoms with Crippen molar-refractivity contribution in [2.24, 2.45) is 29.1 Å². The zero-order valence-electron chi connectivity index (χ0n) is 16.3. The molecule has 2 unspecified atom stereocenters. The zero-order valence-corrected chi connectivity index (χ0v) is 17.9. The first-order valence-corrected chi connectivity index (χ1v) is 11.3. The molecule has 0 spiro atoms. The Hall–Kier alpha value is -0.500. The van der Waals surface area contributed by atoms with E-state index in [4.69, 9.17) is 0 Å². The van der Waals surface area contributed by atoms with E-state index >= 15 is 0 Å². The molecule has 0 aromatic rings. The number of halogens is 6. The predicted octanol–water partition coefficient (Wildman–Crippen LogP) is 6.17. The maximum absolute atomic E-state index is 14.6. The number of hydrogen-bond donors (Lipinski definition) is 1. The molecule has 1 N–H and O–H groups in total. The highest BCUT2D eigenvalue weighted by Crippen LogP contribution is 2.70. The molecule has 0 radical (unpaired) electrons. The third-order valence-corrected chi connectivity index (χ3v) is 9.72. The van der Waals surface area contributed by atoms with Crippen molar-refractivity contribution in [2.75, 3.05) is 0 Å². The van der Waals surface area contributed by atoms with E-state index in [0.29, 0.717) is 30.2 Å². The number of ketones is 1. The van der Waals surface area contributed by atoms with Gasteiger partial charge in [-0.25, -0.2) is 0 Å². The summed E-state index contributed by atoms with van der Waals surface area (Å²) in [5, 5.41) is 11.0. The van der Waals surface area contributed by atoms with Crippen LogP contribution in [0.5, 0.6) is 0 Å². The lowest BCUT2D eigenvalue weighted by molar-refractivity contribution is -0.365. The normalized spacial score (nSPS) is 43.1. The molecule has 4 aliphatic rings. The van der Waals surface area contributed by atoms with Gasteiger partial charge in [0.2, 0.25) is 0 Å². The number of carbonyl (C=O) groups is 1. The van der Waals surface area contributed by atoms with Crippen molar-refractivity contribution >= 4 is 21.7 Å². The average Bonchev–Trinajstić information content (AvgIpc) is 2.98. The van der Waals surface area contributed by atoms with Crippen LogP contribution in [0.4, 0.5) is 22.0 Å². The highest BCUT2D eigenvalue weighted by Gasteiger charge is 2.79. The first-order chi connectivity index (χ1) is 13.4. The van der Waals surface area contributed by atoms with E-state index in [1.165, 1.54) is 0 Å². The van der Waals surface area contributed by atoms with Crippen LogP contribution in [0.2, 0.25) is 0 Å². The third kappa shape index (κ3) is 2.69. The van der Waals surface area contributed by atoms with E-state index in [1.807, 2.05) is 0 Å². The predicted molar refractivity (Wildman–Crippen MR) is 101 cm³/mol. The fourth-order valence-corrected chi connectivity index (χ4v) is 8.19. The first kappa shape index (κ1) is 21.7. The van der Waals surface area contributed by atoms with Crippen LogP contribution in [-0.4, -0.2) is 28.6 Å². The number of Topliss-reactive ketones (excluding diaryl/α,β-unsaturated/α-hetero) is 1. The molecule has 0 aromatic heterocycles. The van der Waals surface area contributed by atoms with E-state index in [-0.39, 0.29) is 48.7 Å². The maximum atomic E-state index is 14.6. The minimum Gasteiger partial charge on any atom is -0.383 e. The van der Waals surface area contributed by atoms with Crippen LogP contribution in [0.1, 0.15) is 64.7 Å². The Morgan fingerprint density at radius 2 is 1.72 bits per heavy atom. The summed E-state index contributed by atoms with van der Waals surface area (Å²) in [6, 6.07) is 0. The second-order valence-electron chi connectivity index (χ2n) is 9.40. The molecule has 0 bridgehead atoms. The SMILES string of the molecule is CCC12CC[C@H]3[C@@H](CCC4=C(Br)C(=O)CC[C@@H]43)[C@@H]1CCC2(O)C(F)(F)C(F)(F)F. The van der Waals surface area contributed by atoms with Crippen molar-refractivity contribution < 1.29 is 31.9 Å². The van der Waals surface area contributed by atoms with Crippen LogP contribution in [-0.2, 0) is 4.79 Å². The van der Waals surface area contributed by atoms with Gasteiger partial charge in [0.15, 0.2) is 5.78 Å². The molecular weight excluding hydrogens is 459 g/mol. The highest BCUT2D eigenvalue weighted by molar-refractivity contribution is 9.12. The molecule has 3 saturated carbocycles. The molecule has 6 atom stereocenters. The van der Waals surface area contributed by atoms with Crippen LogP contribution in [0, 0.1) is 29.1 Å². The Bertz CT molecular complexity index is 748. The van der Waals surface area contributed by atoms with Gasteiger partial charge >= 0.3 is 12.1 Å². The van der Waals surface area contributed by atoms with Gasteiger partial charge in [-0.15, -0.1) is 0 Å². The van der Waals surface area contributed by atoms with Gasteiger partial charge in [-0.05, 0) is 96.5 Å². The van der Waals surface area contributed by atoms with E-state index in [1.54, 1.807) is 6.92 Å². The number of rotatable bonds is 2. The standard InChI is InChI=1S/C21H26BrF5O2/c1-2-18-9-7-12-11-5-6-16(28)17(22)14(11)4-3-13(12)15(18)8-10-19(18,29)20(23,24)21(25,26)27/h11-13,15,29H,2-10H2,1H3/t11-,12-,13-,15+,18?,19?/m1/s1. The van der Waals surface area contributed by atoms with Crippen molar-refractivity contribution in [3.8, 4) is 0 Å². The Morgan fingerprint density at radius 3 is 2.34 bits per heavy atom. The van der Waals surface area contributed by atoms with Crippen molar-refractivity contribution in [1.29, 1.82) is 0 Å². The van der Waals surface area contributed by atoms with Gasteiger partial charge in [0, 0.05) is 11.8 Å². The molecule has 4 rings (SSSR count). The van der Waals surface area contributed by atoms with Gasteiger partial charge < -0.3 is 5.11 Å². The number of carbonyl (C=O) groups excluding carboxylic acids is 1. The van der Waals surface area contributed by atoms with Crippen LogP contribution >= 0.6 is 15.9 Å². The van der Waals surface area contributed by atoms with Crippen molar-refractivity contribution in [2.45, 2.75) is 82.4 Å². The molecule has 29 heavy (non-hydrogen) atoms. The van der Waals surface area contributed by atoms with Crippen molar-refractivity contribution in [1.82, 2.24) is 0 Å². The van der Waals surface area contributed by atoms with E-state index in [9.17, 15) is 31.9 Å². The molecule has 0 aromatic carbocycles. The quantitative estimate of drug-likeness (QED) is 0.475. The fraction of sp³-hybridized carbons (Fsp3) is 0.857. The third-order valence-electron chi connectivity index (χ3n) is 8.77. The Morgan fingerprint density at radius 1 is 1.03 bits per heavy atom. The number of aliphatic hydroxyl groups is 1. The summed E-state index contributed by atoms with van der Waals surface area (Å²) in [7, 11) is 0. The summed E-state index contributed by atoms with van der Waals surface area (Å²) in [5.41, 5.74) is -3.38. The van der Waals surface area contributed by atoms with E-state index in [0.717, 1.165) is 12.0 Å². The van der Waals surface area contributed by atoms with Crippen molar-refractivity contribution in [3.63, 3.8) is 0 Å². The first-order valence-electron chi connectivity index (χ1n) is 10.5. The molecule has 4 aliphatic carbocycles. The second kappa shape index (κ2) is 6.75. The zero-order chi connectivity index (χ0) is 21.4. The summed E-state index contributed by atoms with van der Waals surface area (Å²) >= 11 is 3.42. The lowest BCUT2D eigenvalue weighted by Gasteiger charge is -2.58. The summed E-state index contributed by atoms with van der Waals surface area (Å²) < 4.78 is 69.6. The topological polar surface area (TPSA) is 37.3 Å². The number of fused-ring (bicyclic) bond motifs is 5. The summed E-state index contributed by atoms with van der Waals surface area (Å²) in [6.07, 6.45) is -2.77. The van der Waals surface area contributed by atoms with Crippen LogP contribution in [0.15, 0.2) is 10.1 Å². The fourth-order valence-electron chi connectivity index (χ4n) is 7.50. The smallest absolute Gasteiger partial charge is 0.383 e. The van der Waals surface area contributed by atoms with Crippen LogP contribution < -0.4 is 0 Å². The number of hydrogen-bond acceptors (Lipinski definition) is 2. The molecule has 164 valence electrons.